The molecule has 1 aromatic rings. The Morgan fingerprint density at radius 1 is 1.21 bits per heavy atom. The predicted octanol–water partition coefficient (Wildman–Crippen LogP) is 1.32. The van der Waals surface area contributed by atoms with Crippen molar-refractivity contribution in [3.8, 4) is 0 Å². The first-order valence-electron chi connectivity index (χ1n) is 5.81. The summed E-state index contributed by atoms with van der Waals surface area (Å²) >= 11 is 0. The van der Waals surface area contributed by atoms with Gasteiger partial charge in [0.15, 0.2) is 0 Å². The van der Waals surface area contributed by atoms with Gasteiger partial charge in [0.05, 0.1) is 6.61 Å². The van der Waals surface area contributed by atoms with Crippen LogP contribution in [0.3, 0.4) is 0 Å². The standard InChI is InChI=1S/C14H15NO4/c1-2-19-14(18)13(17)11-8-6-10(7-9-11)4-3-5-12(15)16/h3-4,6-9H,2,5H2,1H3,(H2,15,16). The maximum atomic E-state index is 11.6. The van der Waals surface area contributed by atoms with E-state index in [1.807, 2.05) is 0 Å². The minimum Gasteiger partial charge on any atom is -0.460 e. The second-order valence-electron chi connectivity index (χ2n) is 3.74. The van der Waals surface area contributed by atoms with Gasteiger partial charge in [-0.05, 0) is 12.5 Å². The summed E-state index contributed by atoms with van der Waals surface area (Å²) in [6.45, 7) is 1.80. The van der Waals surface area contributed by atoms with Crippen LogP contribution < -0.4 is 5.73 Å². The van der Waals surface area contributed by atoms with Gasteiger partial charge in [-0.1, -0.05) is 36.4 Å². The average molecular weight is 261 g/mol. The van der Waals surface area contributed by atoms with Crippen LogP contribution in [0.25, 0.3) is 6.08 Å². The normalized spacial score (nSPS) is 10.4. The summed E-state index contributed by atoms with van der Waals surface area (Å²) in [4.78, 5) is 33.4. The van der Waals surface area contributed by atoms with Gasteiger partial charge in [0, 0.05) is 12.0 Å². The van der Waals surface area contributed by atoms with Crippen molar-refractivity contribution >= 4 is 23.7 Å². The number of Topliss-reactive ketones (excluding diaryl/α,β-unsaturated/α-hetero) is 1. The fourth-order valence-electron chi connectivity index (χ4n) is 1.37. The molecule has 0 saturated carbocycles. The Balaban J connectivity index is 2.71. The van der Waals surface area contributed by atoms with E-state index in [1.165, 1.54) is 12.1 Å². The third kappa shape index (κ3) is 4.75. The lowest BCUT2D eigenvalue weighted by atomic mass is 10.1. The second-order valence-corrected chi connectivity index (χ2v) is 3.74. The number of ketones is 1. The molecular formula is C14H15NO4. The van der Waals surface area contributed by atoms with Crippen molar-refractivity contribution in [1.29, 1.82) is 0 Å². The predicted molar refractivity (Wildman–Crippen MR) is 70.3 cm³/mol. The Morgan fingerprint density at radius 3 is 2.37 bits per heavy atom. The van der Waals surface area contributed by atoms with E-state index >= 15 is 0 Å². The minimum atomic E-state index is -0.862. The number of esters is 1. The van der Waals surface area contributed by atoms with E-state index in [-0.39, 0.29) is 18.6 Å². The van der Waals surface area contributed by atoms with Crippen LogP contribution in [0.5, 0.6) is 0 Å². The highest BCUT2D eigenvalue weighted by molar-refractivity contribution is 6.40. The molecule has 0 fully saturated rings. The molecule has 0 spiro atoms. The summed E-state index contributed by atoms with van der Waals surface area (Å²) in [6, 6.07) is 6.40. The highest BCUT2D eigenvalue weighted by Crippen LogP contribution is 2.08. The van der Waals surface area contributed by atoms with Crippen LogP contribution in [-0.4, -0.2) is 24.3 Å². The number of carbonyl (C=O) groups is 3. The molecule has 1 aromatic carbocycles. The highest BCUT2D eigenvalue weighted by atomic mass is 16.5. The van der Waals surface area contributed by atoms with Crippen molar-refractivity contribution < 1.29 is 19.1 Å². The molecule has 5 heteroatoms. The maximum Gasteiger partial charge on any atom is 0.379 e. The molecule has 0 saturated heterocycles. The topological polar surface area (TPSA) is 86.5 Å². The van der Waals surface area contributed by atoms with Crippen LogP contribution in [0.4, 0.5) is 0 Å². The van der Waals surface area contributed by atoms with E-state index in [9.17, 15) is 14.4 Å². The van der Waals surface area contributed by atoms with Crippen LogP contribution in [-0.2, 0) is 14.3 Å². The molecule has 0 aliphatic rings. The maximum absolute atomic E-state index is 11.6. The van der Waals surface area contributed by atoms with Crippen molar-refractivity contribution in [2.24, 2.45) is 5.73 Å². The summed E-state index contributed by atoms with van der Waals surface area (Å²) in [5.41, 5.74) is 6.07. The second kappa shape index (κ2) is 7.10. The van der Waals surface area contributed by atoms with Crippen molar-refractivity contribution in [3.63, 3.8) is 0 Å². The number of rotatable bonds is 6. The van der Waals surface area contributed by atoms with Crippen LogP contribution >= 0.6 is 0 Å². The fraction of sp³-hybridized carbons (Fsp3) is 0.214. The van der Waals surface area contributed by atoms with Crippen molar-refractivity contribution in [2.75, 3.05) is 6.61 Å². The molecule has 0 aromatic heterocycles. The number of carbonyl (C=O) groups excluding carboxylic acids is 3. The zero-order chi connectivity index (χ0) is 14.3. The van der Waals surface area contributed by atoms with Gasteiger partial charge >= 0.3 is 5.97 Å². The summed E-state index contributed by atoms with van der Waals surface area (Å²) in [6.07, 6.45) is 3.50. The van der Waals surface area contributed by atoms with Gasteiger partial charge in [0.2, 0.25) is 5.91 Å². The van der Waals surface area contributed by atoms with Gasteiger partial charge < -0.3 is 10.5 Å². The molecule has 0 heterocycles. The van der Waals surface area contributed by atoms with E-state index < -0.39 is 17.7 Å². The van der Waals surface area contributed by atoms with E-state index in [0.717, 1.165) is 5.56 Å². The molecule has 1 rings (SSSR count). The number of amides is 1. The molecule has 1 amide bonds. The lowest BCUT2D eigenvalue weighted by Crippen LogP contribution is -2.17. The van der Waals surface area contributed by atoms with Crippen molar-refractivity contribution in [1.82, 2.24) is 0 Å². The average Bonchev–Trinajstić information content (AvgIpc) is 2.38. The minimum absolute atomic E-state index is 0.156. The smallest absolute Gasteiger partial charge is 0.379 e. The molecular weight excluding hydrogens is 246 g/mol. The zero-order valence-electron chi connectivity index (χ0n) is 10.6. The van der Waals surface area contributed by atoms with E-state index in [1.54, 1.807) is 31.2 Å². The molecule has 0 aliphatic carbocycles. The molecule has 0 unspecified atom stereocenters. The quantitative estimate of drug-likeness (QED) is 0.475. The van der Waals surface area contributed by atoms with Gasteiger partial charge in [-0.3, -0.25) is 9.59 Å². The Hall–Kier alpha value is -2.43. The van der Waals surface area contributed by atoms with Crippen LogP contribution in [0, 0.1) is 0 Å². The number of primary amides is 1. The van der Waals surface area contributed by atoms with Gasteiger partial charge in [-0.2, -0.15) is 0 Å². The molecule has 0 bridgehead atoms. The molecule has 19 heavy (non-hydrogen) atoms. The van der Waals surface area contributed by atoms with Crippen LogP contribution in [0.1, 0.15) is 29.3 Å². The van der Waals surface area contributed by atoms with E-state index in [2.05, 4.69) is 4.74 Å². The third-order valence-corrected chi connectivity index (χ3v) is 2.26. The Labute approximate surface area is 111 Å². The molecule has 5 nitrogen and oxygen atoms in total. The van der Waals surface area contributed by atoms with Gasteiger partial charge in [0.25, 0.3) is 5.78 Å². The Kier molecular flexibility index (Phi) is 5.47. The van der Waals surface area contributed by atoms with Crippen molar-refractivity contribution in [2.45, 2.75) is 13.3 Å². The Bertz CT molecular complexity index is 503. The zero-order valence-corrected chi connectivity index (χ0v) is 10.6. The fourth-order valence-corrected chi connectivity index (χ4v) is 1.37. The van der Waals surface area contributed by atoms with E-state index in [0.29, 0.717) is 0 Å². The lowest BCUT2D eigenvalue weighted by molar-refractivity contribution is -0.137. The first-order chi connectivity index (χ1) is 9.04. The van der Waals surface area contributed by atoms with Crippen LogP contribution in [0.15, 0.2) is 30.3 Å². The summed E-state index contributed by atoms with van der Waals surface area (Å²) < 4.78 is 4.63. The van der Waals surface area contributed by atoms with E-state index in [4.69, 9.17) is 5.73 Å². The number of hydrogen-bond acceptors (Lipinski definition) is 4. The summed E-state index contributed by atoms with van der Waals surface area (Å²) in [5, 5.41) is 0. The summed E-state index contributed by atoms with van der Waals surface area (Å²) in [7, 11) is 0. The molecule has 0 atom stereocenters. The van der Waals surface area contributed by atoms with Crippen LogP contribution in [0.2, 0.25) is 0 Å². The number of ether oxygens (including phenoxy) is 1. The van der Waals surface area contributed by atoms with Gasteiger partial charge in [-0.15, -0.1) is 0 Å². The molecule has 0 radical (unpaired) electrons. The first kappa shape index (κ1) is 14.6. The monoisotopic (exact) mass is 261 g/mol. The van der Waals surface area contributed by atoms with Crippen molar-refractivity contribution in [3.05, 3.63) is 41.5 Å². The van der Waals surface area contributed by atoms with Gasteiger partial charge in [0.1, 0.15) is 0 Å². The molecule has 2 N–H and O–H groups in total. The van der Waals surface area contributed by atoms with Gasteiger partial charge in [-0.25, -0.2) is 4.79 Å². The molecule has 0 aliphatic heterocycles. The summed E-state index contributed by atoms with van der Waals surface area (Å²) in [5.74, 6) is -1.95. The number of hydrogen-bond donors (Lipinski definition) is 1. The highest BCUT2D eigenvalue weighted by Gasteiger charge is 2.16. The third-order valence-electron chi connectivity index (χ3n) is 2.26. The largest absolute Gasteiger partial charge is 0.460 e. The lowest BCUT2D eigenvalue weighted by Gasteiger charge is -2.01. The molecule has 100 valence electrons. The number of benzene rings is 1. The SMILES string of the molecule is CCOC(=O)C(=O)c1ccc(C=CCC(N)=O)cc1. The Morgan fingerprint density at radius 2 is 1.84 bits per heavy atom. The first-order valence-corrected chi connectivity index (χ1v) is 5.81. The number of nitrogens with two attached hydrogens (primary N) is 1.